The van der Waals surface area contributed by atoms with Crippen LogP contribution in [0.25, 0.3) is 0 Å². The van der Waals surface area contributed by atoms with Gasteiger partial charge in [-0.25, -0.2) is 0 Å². The minimum Gasteiger partial charge on any atom is -0.497 e. The Hall–Kier alpha value is -1.31. The van der Waals surface area contributed by atoms with Gasteiger partial charge >= 0.3 is 0 Å². The van der Waals surface area contributed by atoms with E-state index in [2.05, 4.69) is 13.8 Å². The van der Waals surface area contributed by atoms with Gasteiger partial charge in [-0.1, -0.05) is 27.2 Å². The number of benzene rings is 1. The zero-order chi connectivity index (χ0) is 11.7. The monoisotopic (exact) mass is 208 g/mol. The van der Waals surface area contributed by atoms with Gasteiger partial charge in [0, 0.05) is 12.0 Å². The highest BCUT2D eigenvalue weighted by molar-refractivity contribution is 5.95. The summed E-state index contributed by atoms with van der Waals surface area (Å²) in [5, 5.41) is 0. The first-order valence-electron chi connectivity index (χ1n) is 5.36. The summed E-state index contributed by atoms with van der Waals surface area (Å²) in [6.07, 6.45) is 1.80. The van der Waals surface area contributed by atoms with Crippen molar-refractivity contribution in [3.63, 3.8) is 0 Å². The number of rotatable bonds is 3. The van der Waals surface area contributed by atoms with E-state index < -0.39 is 0 Å². The van der Waals surface area contributed by atoms with Gasteiger partial charge in [0.25, 0.3) is 0 Å². The number of Topliss-reactive ketones (excluding diaryl/α,β-unsaturated/α-hetero) is 1. The maximum Gasteiger partial charge on any atom is 0.162 e. The second kappa shape index (κ2) is 8.04. The molecule has 84 valence electrons. The van der Waals surface area contributed by atoms with Crippen molar-refractivity contribution < 1.29 is 9.53 Å². The lowest BCUT2D eigenvalue weighted by molar-refractivity contribution is 0.0988. The number of carbonyl (C=O) groups is 1. The number of methoxy groups -OCH3 is 1. The highest BCUT2D eigenvalue weighted by Crippen LogP contribution is 2.12. The second-order valence-electron chi connectivity index (χ2n) is 3.21. The van der Waals surface area contributed by atoms with Crippen LogP contribution in [0.5, 0.6) is 5.75 Å². The van der Waals surface area contributed by atoms with E-state index in [-0.39, 0.29) is 5.78 Å². The average Bonchev–Trinajstić information content (AvgIpc) is 2.29. The van der Waals surface area contributed by atoms with Crippen LogP contribution in [0.1, 0.15) is 44.0 Å². The van der Waals surface area contributed by atoms with Crippen molar-refractivity contribution in [1.29, 1.82) is 0 Å². The first kappa shape index (κ1) is 13.7. The van der Waals surface area contributed by atoms with E-state index in [1.54, 1.807) is 31.4 Å². The molecule has 0 aliphatic rings. The lowest BCUT2D eigenvalue weighted by Gasteiger charge is -2.00. The molecule has 0 fully saturated rings. The molecule has 0 spiro atoms. The van der Waals surface area contributed by atoms with E-state index in [0.717, 1.165) is 11.3 Å². The van der Waals surface area contributed by atoms with E-state index in [4.69, 9.17) is 4.74 Å². The molecule has 0 saturated heterocycles. The molecule has 0 N–H and O–H groups in total. The Bertz CT molecular complexity index is 275. The number of ether oxygens (including phenoxy) is 1. The average molecular weight is 208 g/mol. The maximum atomic E-state index is 11.2. The topological polar surface area (TPSA) is 26.3 Å². The van der Waals surface area contributed by atoms with Gasteiger partial charge in [0.15, 0.2) is 5.78 Å². The fourth-order valence-corrected chi connectivity index (χ4v) is 0.981. The third-order valence-corrected chi connectivity index (χ3v) is 1.73. The van der Waals surface area contributed by atoms with Gasteiger partial charge in [0.2, 0.25) is 0 Å². The van der Waals surface area contributed by atoms with Crippen LogP contribution in [0.4, 0.5) is 0 Å². The van der Waals surface area contributed by atoms with E-state index in [0.29, 0.717) is 6.42 Å². The van der Waals surface area contributed by atoms with Crippen LogP contribution in [-0.2, 0) is 0 Å². The predicted octanol–water partition coefficient (Wildman–Crippen LogP) is 3.70. The van der Waals surface area contributed by atoms with Crippen molar-refractivity contribution in [3.8, 4) is 5.75 Å². The van der Waals surface area contributed by atoms with Crippen molar-refractivity contribution in [1.82, 2.24) is 0 Å². The predicted molar refractivity (Wildman–Crippen MR) is 63.6 cm³/mol. The molecule has 1 aromatic carbocycles. The molecule has 0 atom stereocenters. The van der Waals surface area contributed by atoms with Crippen LogP contribution in [0.2, 0.25) is 0 Å². The summed E-state index contributed by atoms with van der Waals surface area (Å²) < 4.78 is 4.97. The van der Waals surface area contributed by atoms with Gasteiger partial charge in [-0.15, -0.1) is 0 Å². The standard InChI is InChI=1S/C10H12O2.C3H8/c1-3-10(11)8-4-6-9(12-2)7-5-8;1-3-2/h4-7H,3H2,1-2H3;3H2,1-2H3. The summed E-state index contributed by atoms with van der Waals surface area (Å²) in [7, 11) is 1.61. The highest BCUT2D eigenvalue weighted by atomic mass is 16.5. The van der Waals surface area contributed by atoms with E-state index >= 15 is 0 Å². The molecule has 2 heteroatoms. The molecule has 0 heterocycles. The van der Waals surface area contributed by atoms with Crippen molar-refractivity contribution in [2.75, 3.05) is 7.11 Å². The third-order valence-electron chi connectivity index (χ3n) is 1.73. The smallest absolute Gasteiger partial charge is 0.162 e. The van der Waals surface area contributed by atoms with Crippen LogP contribution in [0.3, 0.4) is 0 Å². The van der Waals surface area contributed by atoms with Crippen LogP contribution >= 0.6 is 0 Å². The quantitative estimate of drug-likeness (QED) is 0.708. The molecule has 0 aliphatic carbocycles. The minimum absolute atomic E-state index is 0.164. The Morgan fingerprint density at radius 2 is 1.60 bits per heavy atom. The number of hydrogen-bond acceptors (Lipinski definition) is 2. The zero-order valence-electron chi connectivity index (χ0n) is 10.0. The van der Waals surface area contributed by atoms with Gasteiger partial charge in [-0.2, -0.15) is 0 Å². The largest absolute Gasteiger partial charge is 0.497 e. The van der Waals surface area contributed by atoms with Crippen molar-refractivity contribution in [2.45, 2.75) is 33.6 Å². The SMILES string of the molecule is CCC.CCC(=O)c1ccc(OC)cc1. The Balaban J connectivity index is 0.000000583. The summed E-state index contributed by atoms with van der Waals surface area (Å²) in [6, 6.07) is 7.15. The Kier molecular flexibility index (Phi) is 7.33. The number of ketones is 1. The molecule has 0 saturated carbocycles. The summed E-state index contributed by atoms with van der Waals surface area (Å²) in [5.41, 5.74) is 0.748. The molecule has 0 amide bonds. The summed E-state index contributed by atoms with van der Waals surface area (Å²) >= 11 is 0. The second-order valence-corrected chi connectivity index (χ2v) is 3.21. The molecule has 1 rings (SSSR count). The summed E-state index contributed by atoms with van der Waals surface area (Å²) in [6.45, 7) is 6.10. The van der Waals surface area contributed by atoms with Crippen LogP contribution in [-0.4, -0.2) is 12.9 Å². The molecule has 15 heavy (non-hydrogen) atoms. The first-order chi connectivity index (χ1) is 7.19. The molecule has 0 aromatic heterocycles. The molecule has 0 unspecified atom stereocenters. The normalized spacial score (nSPS) is 8.80. The van der Waals surface area contributed by atoms with Crippen molar-refractivity contribution in [3.05, 3.63) is 29.8 Å². The van der Waals surface area contributed by atoms with Crippen LogP contribution < -0.4 is 4.74 Å². The molecular weight excluding hydrogens is 188 g/mol. The highest BCUT2D eigenvalue weighted by Gasteiger charge is 2.01. The lowest BCUT2D eigenvalue weighted by atomic mass is 10.1. The Morgan fingerprint density at radius 1 is 1.13 bits per heavy atom. The van der Waals surface area contributed by atoms with E-state index in [9.17, 15) is 4.79 Å². The number of hydrogen-bond donors (Lipinski definition) is 0. The zero-order valence-corrected chi connectivity index (χ0v) is 10.0. The third kappa shape index (κ3) is 5.21. The van der Waals surface area contributed by atoms with Gasteiger partial charge in [-0.05, 0) is 24.3 Å². The van der Waals surface area contributed by atoms with Crippen molar-refractivity contribution >= 4 is 5.78 Å². The van der Waals surface area contributed by atoms with Gasteiger partial charge < -0.3 is 4.74 Å². The Morgan fingerprint density at radius 3 is 1.93 bits per heavy atom. The lowest BCUT2D eigenvalue weighted by Crippen LogP contribution is -1.95. The van der Waals surface area contributed by atoms with E-state index in [1.165, 1.54) is 6.42 Å². The van der Waals surface area contributed by atoms with E-state index in [1.807, 2.05) is 6.92 Å². The Labute approximate surface area is 92.3 Å². The van der Waals surface area contributed by atoms with Crippen LogP contribution in [0.15, 0.2) is 24.3 Å². The molecule has 0 bridgehead atoms. The summed E-state index contributed by atoms with van der Waals surface area (Å²) in [4.78, 5) is 11.2. The maximum absolute atomic E-state index is 11.2. The first-order valence-corrected chi connectivity index (χ1v) is 5.36. The van der Waals surface area contributed by atoms with Crippen molar-refractivity contribution in [2.24, 2.45) is 0 Å². The fraction of sp³-hybridized carbons (Fsp3) is 0.462. The molecular formula is C13H20O2. The van der Waals surface area contributed by atoms with Gasteiger partial charge in [0.1, 0.15) is 5.75 Å². The molecule has 1 aromatic rings. The van der Waals surface area contributed by atoms with Crippen LogP contribution in [0, 0.1) is 0 Å². The van der Waals surface area contributed by atoms with Gasteiger partial charge in [0.05, 0.1) is 7.11 Å². The summed E-state index contributed by atoms with van der Waals surface area (Å²) in [5.74, 6) is 0.945. The molecule has 0 aliphatic heterocycles. The number of carbonyl (C=O) groups excluding carboxylic acids is 1. The van der Waals surface area contributed by atoms with Gasteiger partial charge in [-0.3, -0.25) is 4.79 Å². The fourth-order valence-electron chi connectivity index (χ4n) is 0.981. The molecule has 2 nitrogen and oxygen atoms in total. The molecule has 0 radical (unpaired) electrons. The minimum atomic E-state index is 0.164.